The summed E-state index contributed by atoms with van der Waals surface area (Å²) in [6.07, 6.45) is 1.40. The molecule has 8 heteroatoms. The van der Waals surface area contributed by atoms with Gasteiger partial charge < -0.3 is 21.7 Å². The van der Waals surface area contributed by atoms with Crippen molar-refractivity contribution < 1.29 is 9.59 Å². The second-order valence-corrected chi connectivity index (χ2v) is 6.87. The summed E-state index contributed by atoms with van der Waals surface area (Å²) in [5, 5.41) is 8.91. The molecule has 8 nitrogen and oxygen atoms in total. The van der Waals surface area contributed by atoms with Crippen molar-refractivity contribution in [3.8, 4) is 0 Å². The second-order valence-electron chi connectivity index (χ2n) is 6.87. The number of hydrogen-bond acceptors (Lipinski definition) is 6. The van der Waals surface area contributed by atoms with Gasteiger partial charge in [-0.3, -0.25) is 9.59 Å². The molecular formula is C21H30N6O2. The van der Waals surface area contributed by atoms with Crippen molar-refractivity contribution in [1.82, 2.24) is 20.6 Å². The molecular weight excluding hydrogens is 368 g/mol. The fourth-order valence-electron chi connectivity index (χ4n) is 3.00. The monoisotopic (exact) mass is 398 g/mol. The molecule has 0 aliphatic heterocycles. The van der Waals surface area contributed by atoms with E-state index in [0.29, 0.717) is 25.2 Å². The fourth-order valence-corrected chi connectivity index (χ4v) is 3.00. The smallest absolute Gasteiger partial charge is 0.271 e. The first-order chi connectivity index (χ1) is 13.9. The number of carbonyl (C=O) groups is 2. The van der Waals surface area contributed by atoms with E-state index in [2.05, 4.69) is 25.9 Å². The van der Waals surface area contributed by atoms with Crippen molar-refractivity contribution in [3.05, 3.63) is 46.9 Å². The lowest BCUT2D eigenvalue weighted by atomic mass is 10.0. The summed E-state index contributed by atoms with van der Waals surface area (Å²) in [4.78, 5) is 32.6. The third-order valence-corrected chi connectivity index (χ3v) is 4.62. The van der Waals surface area contributed by atoms with E-state index in [0.717, 1.165) is 22.6 Å². The van der Waals surface area contributed by atoms with Crippen LogP contribution in [-0.4, -0.2) is 41.9 Å². The predicted molar refractivity (Wildman–Crippen MR) is 114 cm³/mol. The number of likely N-dealkylation sites (N-methyl/N-ethyl adjacent to an activating group) is 1. The summed E-state index contributed by atoms with van der Waals surface area (Å²) in [5.74, 6) is -0.182. The predicted octanol–water partition coefficient (Wildman–Crippen LogP) is 1.88. The van der Waals surface area contributed by atoms with Gasteiger partial charge in [0.1, 0.15) is 0 Å². The highest BCUT2D eigenvalue weighted by atomic mass is 16.2. The minimum absolute atomic E-state index is 0.0434. The minimum atomic E-state index is -0.617. The number of nitrogens with two attached hydrogens (primary N) is 1. The van der Waals surface area contributed by atoms with E-state index >= 15 is 0 Å². The van der Waals surface area contributed by atoms with Gasteiger partial charge in [-0.1, -0.05) is 32.9 Å². The second kappa shape index (κ2) is 10.5. The number of hydrogen-bond donors (Lipinski definition) is 4. The van der Waals surface area contributed by atoms with E-state index in [-0.39, 0.29) is 24.1 Å². The zero-order chi connectivity index (χ0) is 21.4. The van der Waals surface area contributed by atoms with Crippen molar-refractivity contribution in [1.29, 1.82) is 0 Å². The Morgan fingerprint density at radius 1 is 1.14 bits per heavy atom. The first-order valence-electron chi connectivity index (χ1n) is 9.87. The number of aryl methyl sites for hydroxylation is 2. The lowest BCUT2D eigenvalue weighted by molar-refractivity contribution is -0.120. The van der Waals surface area contributed by atoms with Crippen LogP contribution in [0.3, 0.4) is 0 Å². The van der Waals surface area contributed by atoms with E-state index in [1.54, 1.807) is 7.05 Å². The van der Waals surface area contributed by atoms with Crippen LogP contribution in [-0.2, 0) is 17.6 Å². The maximum atomic E-state index is 11.9. The fraction of sp³-hybridized carbons (Fsp3) is 0.429. The number of aromatic nitrogens is 2. The third kappa shape index (κ3) is 5.99. The molecule has 1 atom stereocenters. The van der Waals surface area contributed by atoms with E-state index in [1.807, 2.05) is 45.0 Å². The molecule has 29 heavy (non-hydrogen) atoms. The number of nitrogens with zero attached hydrogens (tertiary/aromatic N) is 2. The molecule has 2 amide bonds. The van der Waals surface area contributed by atoms with Gasteiger partial charge in [-0.15, -0.1) is 0 Å². The number of carbonyl (C=O) groups excluding carboxylic acids is 2. The molecule has 2 aromatic rings. The van der Waals surface area contributed by atoms with Crippen LogP contribution in [0.5, 0.6) is 0 Å². The molecule has 1 aromatic heterocycles. The first kappa shape index (κ1) is 22.3. The molecule has 5 N–H and O–H groups in total. The van der Waals surface area contributed by atoms with Gasteiger partial charge in [0.2, 0.25) is 5.91 Å². The Morgan fingerprint density at radius 2 is 1.83 bits per heavy atom. The van der Waals surface area contributed by atoms with Crippen molar-refractivity contribution in [2.24, 2.45) is 5.73 Å². The van der Waals surface area contributed by atoms with E-state index in [4.69, 9.17) is 5.73 Å². The van der Waals surface area contributed by atoms with Crippen molar-refractivity contribution in [2.45, 2.75) is 39.5 Å². The third-order valence-electron chi connectivity index (χ3n) is 4.62. The van der Waals surface area contributed by atoms with Gasteiger partial charge in [0, 0.05) is 12.2 Å². The van der Waals surface area contributed by atoms with Gasteiger partial charge >= 0.3 is 0 Å². The molecule has 2 rings (SSSR count). The number of rotatable bonds is 10. The van der Waals surface area contributed by atoms with Gasteiger partial charge in [-0.25, -0.2) is 9.97 Å². The van der Waals surface area contributed by atoms with Gasteiger partial charge in [0.05, 0.1) is 17.9 Å². The van der Waals surface area contributed by atoms with Crippen LogP contribution >= 0.6 is 0 Å². The molecule has 0 saturated carbocycles. The highest BCUT2D eigenvalue weighted by molar-refractivity contribution is 5.96. The number of benzene rings is 1. The minimum Gasteiger partial charge on any atom is -0.364 e. The van der Waals surface area contributed by atoms with E-state index < -0.39 is 5.91 Å². The van der Waals surface area contributed by atoms with Crippen molar-refractivity contribution in [2.75, 3.05) is 25.5 Å². The number of anilines is 2. The van der Waals surface area contributed by atoms with Crippen LogP contribution in [0.25, 0.3) is 0 Å². The van der Waals surface area contributed by atoms with Crippen LogP contribution in [0, 0.1) is 0 Å². The zero-order valence-corrected chi connectivity index (χ0v) is 17.5. The molecule has 1 heterocycles. The Kier molecular flexibility index (Phi) is 8.09. The summed E-state index contributed by atoms with van der Waals surface area (Å²) in [7, 11) is 1.73. The summed E-state index contributed by atoms with van der Waals surface area (Å²) in [6, 6.07) is 7.78. The van der Waals surface area contributed by atoms with Crippen molar-refractivity contribution >= 4 is 23.3 Å². The number of amides is 2. The SMILES string of the molecule is CCc1nc(Nc2cccc([C@@H](C)CNC(=O)CNC)c2)c(C(N)=O)nc1CC. The molecule has 0 radical (unpaired) electrons. The molecule has 156 valence electrons. The van der Waals surface area contributed by atoms with E-state index in [9.17, 15) is 9.59 Å². The lowest BCUT2D eigenvalue weighted by Crippen LogP contribution is -2.34. The van der Waals surface area contributed by atoms with Crippen molar-refractivity contribution in [3.63, 3.8) is 0 Å². The largest absolute Gasteiger partial charge is 0.364 e. The Hall–Kier alpha value is -3.00. The normalized spacial score (nSPS) is 11.7. The highest BCUT2D eigenvalue weighted by Gasteiger charge is 2.17. The summed E-state index contributed by atoms with van der Waals surface area (Å²) in [5.41, 5.74) is 9.12. The molecule has 0 bridgehead atoms. The van der Waals surface area contributed by atoms with Gasteiger partial charge in [0.15, 0.2) is 11.5 Å². The molecule has 1 aromatic carbocycles. The standard InChI is InChI=1S/C21H30N6O2/c1-5-16-17(6-2)27-21(19(26-16)20(22)29)25-15-9-7-8-14(10-15)13(3)11-24-18(28)12-23-4/h7-10,13,23H,5-6,11-12H2,1-4H3,(H2,22,29)(H,24,28)(H,25,27)/t13-/m0/s1. The Morgan fingerprint density at radius 3 is 2.45 bits per heavy atom. The van der Waals surface area contributed by atoms with Gasteiger partial charge in [-0.05, 0) is 43.5 Å². The van der Waals surface area contributed by atoms with Crippen LogP contribution in [0.2, 0.25) is 0 Å². The van der Waals surface area contributed by atoms with Crippen LogP contribution in [0.1, 0.15) is 54.1 Å². The zero-order valence-electron chi connectivity index (χ0n) is 17.5. The molecule has 0 fully saturated rings. The first-order valence-corrected chi connectivity index (χ1v) is 9.87. The molecule has 0 unspecified atom stereocenters. The maximum absolute atomic E-state index is 11.9. The lowest BCUT2D eigenvalue weighted by Gasteiger charge is -2.16. The van der Waals surface area contributed by atoms with Crippen LogP contribution in [0.15, 0.2) is 24.3 Å². The number of primary amides is 1. The van der Waals surface area contributed by atoms with Gasteiger partial charge in [0.25, 0.3) is 5.91 Å². The Labute approximate surface area is 171 Å². The summed E-state index contributed by atoms with van der Waals surface area (Å²) < 4.78 is 0. The number of nitrogens with one attached hydrogen (secondary N) is 3. The average molecular weight is 399 g/mol. The van der Waals surface area contributed by atoms with Gasteiger partial charge in [-0.2, -0.15) is 0 Å². The molecule has 0 saturated heterocycles. The van der Waals surface area contributed by atoms with Crippen LogP contribution < -0.4 is 21.7 Å². The Bertz CT molecular complexity index is 868. The molecule has 0 spiro atoms. The molecule has 0 aliphatic rings. The Balaban J connectivity index is 2.23. The highest BCUT2D eigenvalue weighted by Crippen LogP contribution is 2.23. The summed E-state index contributed by atoms with van der Waals surface area (Å²) >= 11 is 0. The van der Waals surface area contributed by atoms with E-state index in [1.165, 1.54) is 0 Å². The molecule has 0 aliphatic carbocycles. The average Bonchev–Trinajstić information content (AvgIpc) is 2.71. The topological polar surface area (TPSA) is 122 Å². The summed E-state index contributed by atoms with van der Waals surface area (Å²) in [6.45, 7) is 6.83. The van der Waals surface area contributed by atoms with Crippen LogP contribution in [0.4, 0.5) is 11.5 Å². The maximum Gasteiger partial charge on any atom is 0.271 e. The quantitative estimate of drug-likeness (QED) is 0.485.